The highest BCUT2D eigenvalue weighted by Gasteiger charge is 2.33. The number of hydrogen-bond acceptors (Lipinski definition) is 2. The second-order valence-electron chi connectivity index (χ2n) is 5.72. The van der Waals surface area contributed by atoms with Crippen LogP contribution in [0.5, 0.6) is 0 Å². The molecule has 22 heavy (non-hydrogen) atoms. The molecule has 1 aliphatic rings. The van der Waals surface area contributed by atoms with Crippen LogP contribution in [-0.2, 0) is 11.0 Å². The lowest BCUT2D eigenvalue weighted by atomic mass is 9.92. The van der Waals surface area contributed by atoms with Crippen LogP contribution in [0.3, 0.4) is 0 Å². The van der Waals surface area contributed by atoms with Gasteiger partial charge in [0.1, 0.15) is 0 Å². The number of rotatable bonds is 6. The molecule has 0 aliphatic heterocycles. The Morgan fingerprint density at radius 2 is 2.09 bits per heavy atom. The Hall–Kier alpha value is -1.56. The normalized spacial score (nSPS) is 22.0. The van der Waals surface area contributed by atoms with Crippen LogP contribution >= 0.6 is 0 Å². The number of carboxylic acid groups (broad SMARTS) is 1. The number of carboxylic acids is 1. The second kappa shape index (κ2) is 7.13. The number of nitrogens with one attached hydrogen (secondary N) is 1. The lowest BCUT2D eigenvalue weighted by molar-refractivity contribution is -0.138. The monoisotopic (exact) mass is 315 g/mol. The van der Waals surface area contributed by atoms with Crippen molar-refractivity contribution in [3.05, 3.63) is 35.4 Å². The van der Waals surface area contributed by atoms with Crippen molar-refractivity contribution in [2.24, 2.45) is 0 Å². The topological polar surface area (TPSA) is 49.3 Å². The molecule has 1 aliphatic carbocycles. The van der Waals surface area contributed by atoms with Gasteiger partial charge >= 0.3 is 12.1 Å². The van der Waals surface area contributed by atoms with E-state index in [1.807, 2.05) is 0 Å². The van der Waals surface area contributed by atoms with E-state index in [2.05, 4.69) is 5.32 Å². The van der Waals surface area contributed by atoms with Crippen LogP contribution in [0.15, 0.2) is 24.3 Å². The predicted octanol–water partition coefficient (Wildman–Crippen LogP) is 3.80. The number of benzene rings is 1. The fourth-order valence-corrected chi connectivity index (χ4v) is 3.08. The largest absolute Gasteiger partial charge is 0.481 e. The first-order valence-electron chi connectivity index (χ1n) is 7.50. The third-order valence-electron chi connectivity index (χ3n) is 4.13. The summed E-state index contributed by atoms with van der Waals surface area (Å²) in [4.78, 5) is 10.5. The van der Waals surface area contributed by atoms with E-state index in [9.17, 15) is 18.0 Å². The van der Waals surface area contributed by atoms with Gasteiger partial charge in [-0.25, -0.2) is 0 Å². The molecule has 6 heteroatoms. The Morgan fingerprint density at radius 1 is 1.32 bits per heavy atom. The Morgan fingerprint density at radius 3 is 2.77 bits per heavy atom. The van der Waals surface area contributed by atoms with Gasteiger partial charge in [-0.3, -0.25) is 4.79 Å². The number of carbonyl (C=O) groups is 1. The first kappa shape index (κ1) is 16.8. The Balaban J connectivity index is 1.99. The van der Waals surface area contributed by atoms with Gasteiger partial charge in [0.25, 0.3) is 0 Å². The minimum atomic E-state index is -4.32. The summed E-state index contributed by atoms with van der Waals surface area (Å²) in [6.07, 6.45) is -0.947. The molecule has 1 aromatic carbocycles. The zero-order valence-corrected chi connectivity index (χ0v) is 12.2. The highest BCUT2D eigenvalue weighted by Crippen LogP contribution is 2.37. The second-order valence-corrected chi connectivity index (χ2v) is 5.72. The molecule has 0 spiro atoms. The molecule has 0 aromatic heterocycles. The summed E-state index contributed by atoms with van der Waals surface area (Å²) in [7, 11) is 0. The van der Waals surface area contributed by atoms with Crippen LogP contribution < -0.4 is 5.32 Å². The highest BCUT2D eigenvalue weighted by molar-refractivity contribution is 5.66. The lowest BCUT2D eigenvalue weighted by Gasteiger charge is -2.22. The van der Waals surface area contributed by atoms with E-state index in [-0.39, 0.29) is 18.4 Å². The van der Waals surface area contributed by atoms with E-state index >= 15 is 0 Å². The molecule has 2 unspecified atom stereocenters. The van der Waals surface area contributed by atoms with Crippen molar-refractivity contribution in [3.8, 4) is 0 Å². The fraction of sp³-hybridized carbons (Fsp3) is 0.562. The molecule has 2 N–H and O–H groups in total. The van der Waals surface area contributed by atoms with Gasteiger partial charge in [-0.05, 0) is 43.4 Å². The van der Waals surface area contributed by atoms with Crippen molar-refractivity contribution >= 4 is 5.97 Å². The van der Waals surface area contributed by atoms with E-state index in [0.717, 1.165) is 25.3 Å². The summed E-state index contributed by atoms with van der Waals surface area (Å²) in [5.74, 6) is -0.769. The molecular formula is C16H20F3NO2. The van der Waals surface area contributed by atoms with E-state index in [1.54, 1.807) is 6.07 Å². The average molecular weight is 315 g/mol. The Bertz CT molecular complexity index is 516. The van der Waals surface area contributed by atoms with Crippen molar-refractivity contribution in [1.82, 2.24) is 5.32 Å². The first-order chi connectivity index (χ1) is 10.4. The molecule has 0 radical (unpaired) electrons. The molecule has 1 fully saturated rings. The summed E-state index contributed by atoms with van der Waals surface area (Å²) in [6, 6.07) is 5.66. The van der Waals surface area contributed by atoms with Crippen LogP contribution in [0.1, 0.15) is 49.1 Å². The van der Waals surface area contributed by atoms with Gasteiger partial charge in [0.2, 0.25) is 0 Å². The zero-order valence-electron chi connectivity index (χ0n) is 12.2. The third-order valence-corrected chi connectivity index (χ3v) is 4.13. The lowest BCUT2D eigenvalue weighted by Crippen LogP contribution is -2.32. The molecule has 122 valence electrons. The molecule has 0 amide bonds. The van der Waals surface area contributed by atoms with Crippen LogP contribution in [0.25, 0.3) is 0 Å². The van der Waals surface area contributed by atoms with Crippen molar-refractivity contribution in [1.29, 1.82) is 0 Å². The quantitative estimate of drug-likeness (QED) is 0.785. The maximum Gasteiger partial charge on any atom is 0.416 e. The summed E-state index contributed by atoms with van der Waals surface area (Å²) in [5.41, 5.74) is 0.101. The number of alkyl halides is 3. The molecule has 1 saturated carbocycles. The molecule has 0 bridgehead atoms. The standard InChI is InChI=1S/C16H20F3NO2/c17-16(18,19)12-5-1-4-11(10-12)13-6-2-7-14(13)20-9-3-8-15(21)22/h1,4-5,10,13-14,20H,2-3,6-9H2,(H,21,22). The predicted molar refractivity (Wildman–Crippen MR) is 76.7 cm³/mol. The smallest absolute Gasteiger partial charge is 0.416 e. The van der Waals surface area contributed by atoms with Crippen LogP contribution in [0.2, 0.25) is 0 Å². The maximum absolute atomic E-state index is 12.8. The van der Waals surface area contributed by atoms with Gasteiger partial charge in [-0.1, -0.05) is 24.6 Å². The zero-order chi connectivity index (χ0) is 16.2. The summed E-state index contributed by atoms with van der Waals surface area (Å²) >= 11 is 0. The van der Waals surface area contributed by atoms with Gasteiger partial charge in [0.05, 0.1) is 5.56 Å². The summed E-state index contributed by atoms with van der Waals surface area (Å²) in [5, 5.41) is 11.9. The highest BCUT2D eigenvalue weighted by atomic mass is 19.4. The molecule has 3 nitrogen and oxygen atoms in total. The van der Waals surface area contributed by atoms with E-state index in [1.165, 1.54) is 12.1 Å². The number of hydrogen-bond donors (Lipinski definition) is 2. The molecule has 2 atom stereocenters. The van der Waals surface area contributed by atoms with Gasteiger partial charge in [-0.2, -0.15) is 13.2 Å². The SMILES string of the molecule is O=C(O)CCCNC1CCCC1c1cccc(C(F)(F)F)c1. The van der Waals surface area contributed by atoms with Crippen molar-refractivity contribution < 1.29 is 23.1 Å². The average Bonchev–Trinajstić information content (AvgIpc) is 2.91. The minimum Gasteiger partial charge on any atom is -0.481 e. The van der Waals surface area contributed by atoms with Crippen molar-refractivity contribution in [2.45, 2.75) is 50.2 Å². The Kier molecular flexibility index (Phi) is 5.45. The van der Waals surface area contributed by atoms with Gasteiger partial charge in [-0.15, -0.1) is 0 Å². The van der Waals surface area contributed by atoms with E-state index in [0.29, 0.717) is 18.5 Å². The number of halogens is 3. The Labute approximate surface area is 127 Å². The summed E-state index contributed by atoms with van der Waals surface area (Å²) in [6.45, 7) is 0.576. The summed E-state index contributed by atoms with van der Waals surface area (Å²) < 4.78 is 38.4. The van der Waals surface area contributed by atoms with Crippen molar-refractivity contribution in [3.63, 3.8) is 0 Å². The van der Waals surface area contributed by atoms with Crippen LogP contribution in [-0.4, -0.2) is 23.7 Å². The van der Waals surface area contributed by atoms with Gasteiger partial charge < -0.3 is 10.4 Å². The molecule has 0 saturated heterocycles. The van der Waals surface area contributed by atoms with E-state index in [4.69, 9.17) is 5.11 Å². The third kappa shape index (κ3) is 4.47. The molecular weight excluding hydrogens is 295 g/mol. The van der Waals surface area contributed by atoms with Crippen LogP contribution in [0, 0.1) is 0 Å². The maximum atomic E-state index is 12.8. The fourth-order valence-electron chi connectivity index (χ4n) is 3.08. The first-order valence-corrected chi connectivity index (χ1v) is 7.50. The van der Waals surface area contributed by atoms with Crippen LogP contribution in [0.4, 0.5) is 13.2 Å². The molecule has 0 heterocycles. The number of aliphatic carboxylic acids is 1. The van der Waals surface area contributed by atoms with E-state index < -0.39 is 17.7 Å². The van der Waals surface area contributed by atoms with Gasteiger partial charge in [0.15, 0.2) is 0 Å². The molecule has 1 aromatic rings. The molecule has 2 rings (SSSR count). The van der Waals surface area contributed by atoms with Gasteiger partial charge in [0, 0.05) is 12.5 Å². The van der Waals surface area contributed by atoms with Crippen molar-refractivity contribution in [2.75, 3.05) is 6.54 Å². The minimum absolute atomic E-state index is 0.0622.